The highest BCUT2D eigenvalue weighted by molar-refractivity contribution is 7.89. The van der Waals surface area contributed by atoms with Crippen molar-refractivity contribution >= 4 is 10.0 Å². The first kappa shape index (κ1) is 15.5. The van der Waals surface area contributed by atoms with Crippen LogP contribution in [0.3, 0.4) is 0 Å². The molecule has 1 heterocycles. The first-order valence-corrected chi connectivity index (χ1v) is 8.33. The van der Waals surface area contributed by atoms with E-state index in [1.165, 1.54) is 0 Å². The van der Waals surface area contributed by atoms with Crippen LogP contribution >= 0.6 is 0 Å². The standard InChI is InChI=1S/C15H18N2O3S/c1-2-21(18,19)17-11-13-6-8-15(9-7-13)20-12-14-5-3-4-10-16-14/h3-10,17H,2,11-12H2,1H3. The molecule has 1 aromatic carbocycles. The van der Waals surface area contributed by atoms with Crippen molar-refractivity contribution < 1.29 is 13.2 Å². The van der Waals surface area contributed by atoms with E-state index in [-0.39, 0.29) is 12.3 Å². The van der Waals surface area contributed by atoms with Crippen LogP contribution in [0.15, 0.2) is 48.7 Å². The first-order chi connectivity index (χ1) is 10.1. The summed E-state index contributed by atoms with van der Waals surface area (Å²) >= 11 is 0. The SMILES string of the molecule is CCS(=O)(=O)NCc1ccc(OCc2ccccn2)cc1. The summed E-state index contributed by atoms with van der Waals surface area (Å²) in [5.41, 5.74) is 1.74. The molecule has 0 radical (unpaired) electrons. The van der Waals surface area contributed by atoms with Crippen LogP contribution in [0.25, 0.3) is 0 Å². The third kappa shape index (κ3) is 5.17. The third-order valence-electron chi connectivity index (χ3n) is 2.91. The lowest BCUT2D eigenvalue weighted by Crippen LogP contribution is -2.24. The number of rotatable bonds is 7. The van der Waals surface area contributed by atoms with E-state index >= 15 is 0 Å². The average molecular weight is 306 g/mol. The minimum Gasteiger partial charge on any atom is -0.487 e. The van der Waals surface area contributed by atoms with Crippen LogP contribution in [0, 0.1) is 0 Å². The zero-order chi connectivity index (χ0) is 15.1. The summed E-state index contributed by atoms with van der Waals surface area (Å²) in [6, 6.07) is 13.0. The van der Waals surface area contributed by atoms with Crippen molar-refractivity contribution in [1.82, 2.24) is 9.71 Å². The van der Waals surface area contributed by atoms with E-state index in [2.05, 4.69) is 9.71 Å². The molecule has 112 valence electrons. The first-order valence-electron chi connectivity index (χ1n) is 6.68. The Bertz CT molecular complexity index is 655. The molecule has 6 heteroatoms. The van der Waals surface area contributed by atoms with E-state index in [0.29, 0.717) is 6.61 Å². The predicted octanol–water partition coefficient (Wildman–Crippen LogP) is 2.10. The molecule has 2 rings (SSSR count). The van der Waals surface area contributed by atoms with Gasteiger partial charge in [-0.15, -0.1) is 0 Å². The lowest BCUT2D eigenvalue weighted by atomic mass is 10.2. The van der Waals surface area contributed by atoms with Gasteiger partial charge in [-0.25, -0.2) is 13.1 Å². The molecular weight excluding hydrogens is 288 g/mol. The maximum atomic E-state index is 11.4. The lowest BCUT2D eigenvalue weighted by molar-refractivity contribution is 0.301. The van der Waals surface area contributed by atoms with Gasteiger partial charge in [0.05, 0.1) is 11.4 Å². The van der Waals surface area contributed by atoms with Gasteiger partial charge in [0.1, 0.15) is 12.4 Å². The number of aromatic nitrogens is 1. The Balaban J connectivity index is 1.87. The number of sulfonamides is 1. The van der Waals surface area contributed by atoms with E-state index < -0.39 is 10.0 Å². The van der Waals surface area contributed by atoms with Gasteiger partial charge in [0.2, 0.25) is 10.0 Å². The van der Waals surface area contributed by atoms with Crippen LogP contribution in [-0.4, -0.2) is 19.2 Å². The van der Waals surface area contributed by atoms with E-state index in [0.717, 1.165) is 17.0 Å². The normalized spacial score (nSPS) is 11.3. The Hall–Kier alpha value is -1.92. The monoisotopic (exact) mass is 306 g/mol. The fraction of sp³-hybridized carbons (Fsp3) is 0.267. The molecule has 1 N–H and O–H groups in total. The molecular formula is C15H18N2O3S. The predicted molar refractivity (Wildman–Crippen MR) is 81.3 cm³/mol. The number of pyridine rings is 1. The molecule has 5 nitrogen and oxygen atoms in total. The highest BCUT2D eigenvalue weighted by atomic mass is 32.2. The summed E-state index contributed by atoms with van der Waals surface area (Å²) in [5, 5.41) is 0. The van der Waals surface area contributed by atoms with Crippen LogP contribution < -0.4 is 9.46 Å². The zero-order valence-corrected chi connectivity index (χ0v) is 12.6. The van der Waals surface area contributed by atoms with Crippen LogP contribution in [0.2, 0.25) is 0 Å². The molecule has 2 aromatic rings. The zero-order valence-electron chi connectivity index (χ0n) is 11.8. The summed E-state index contributed by atoms with van der Waals surface area (Å²) in [4.78, 5) is 4.18. The van der Waals surface area contributed by atoms with Crippen molar-refractivity contribution in [2.45, 2.75) is 20.1 Å². The Kier molecular flexibility index (Phi) is 5.30. The molecule has 0 fully saturated rings. The van der Waals surface area contributed by atoms with Gasteiger partial charge >= 0.3 is 0 Å². The van der Waals surface area contributed by atoms with Crippen molar-refractivity contribution in [3.05, 3.63) is 59.9 Å². The van der Waals surface area contributed by atoms with E-state index in [9.17, 15) is 8.42 Å². The van der Waals surface area contributed by atoms with Gasteiger partial charge in [-0.2, -0.15) is 0 Å². The van der Waals surface area contributed by atoms with E-state index in [1.807, 2.05) is 42.5 Å². The van der Waals surface area contributed by atoms with Gasteiger partial charge in [-0.3, -0.25) is 4.98 Å². The number of nitrogens with zero attached hydrogens (tertiary/aromatic N) is 1. The van der Waals surface area contributed by atoms with E-state index in [1.54, 1.807) is 13.1 Å². The fourth-order valence-electron chi connectivity index (χ4n) is 1.64. The van der Waals surface area contributed by atoms with Crippen LogP contribution in [0.4, 0.5) is 0 Å². The maximum Gasteiger partial charge on any atom is 0.211 e. The van der Waals surface area contributed by atoms with Crippen molar-refractivity contribution in [2.75, 3.05) is 5.75 Å². The van der Waals surface area contributed by atoms with Crippen LogP contribution in [0.1, 0.15) is 18.2 Å². The molecule has 0 amide bonds. The molecule has 0 spiro atoms. The summed E-state index contributed by atoms with van der Waals surface area (Å²) in [7, 11) is -3.16. The number of benzene rings is 1. The molecule has 0 aliphatic rings. The Labute approximate surface area is 125 Å². The quantitative estimate of drug-likeness (QED) is 0.850. The third-order valence-corrected chi connectivity index (χ3v) is 4.26. The summed E-state index contributed by atoms with van der Waals surface area (Å²) in [6.07, 6.45) is 1.72. The van der Waals surface area contributed by atoms with E-state index in [4.69, 9.17) is 4.74 Å². The molecule has 0 aliphatic heterocycles. The Morgan fingerprint density at radius 3 is 2.52 bits per heavy atom. The topological polar surface area (TPSA) is 68.3 Å². The van der Waals surface area contributed by atoms with Gasteiger partial charge in [0.25, 0.3) is 0 Å². The van der Waals surface area contributed by atoms with Gasteiger partial charge in [0, 0.05) is 12.7 Å². The molecule has 1 aromatic heterocycles. The number of ether oxygens (including phenoxy) is 1. The minimum absolute atomic E-state index is 0.0816. The summed E-state index contributed by atoms with van der Waals surface area (Å²) in [6.45, 7) is 2.30. The molecule has 0 unspecified atom stereocenters. The number of hydrogen-bond donors (Lipinski definition) is 1. The molecule has 0 saturated heterocycles. The summed E-state index contributed by atoms with van der Waals surface area (Å²) < 4.78 is 30.8. The highest BCUT2D eigenvalue weighted by Crippen LogP contribution is 2.13. The minimum atomic E-state index is -3.16. The average Bonchev–Trinajstić information content (AvgIpc) is 2.53. The molecule has 0 bridgehead atoms. The van der Waals surface area contributed by atoms with Crippen molar-refractivity contribution in [3.8, 4) is 5.75 Å². The molecule has 21 heavy (non-hydrogen) atoms. The van der Waals surface area contributed by atoms with Gasteiger partial charge in [-0.05, 0) is 36.8 Å². The second kappa shape index (κ2) is 7.19. The molecule has 0 saturated carbocycles. The number of hydrogen-bond acceptors (Lipinski definition) is 4. The molecule has 0 atom stereocenters. The van der Waals surface area contributed by atoms with Crippen molar-refractivity contribution in [1.29, 1.82) is 0 Å². The molecule has 0 aliphatic carbocycles. The fourth-order valence-corrected chi connectivity index (χ4v) is 2.23. The summed E-state index contributed by atoms with van der Waals surface area (Å²) in [5.74, 6) is 0.806. The Morgan fingerprint density at radius 1 is 1.14 bits per heavy atom. The smallest absolute Gasteiger partial charge is 0.211 e. The maximum absolute atomic E-state index is 11.4. The second-order valence-corrected chi connectivity index (χ2v) is 6.57. The van der Waals surface area contributed by atoms with Gasteiger partial charge in [0.15, 0.2) is 0 Å². The lowest BCUT2D eigenvalue weighted by Gasteiger charge is -2.08. The number of nitrogens with one attached hydrogen (secondary N) is 1. The highest BCUT2D eigenvalue weighted by Gasteiger charge is 2.05. The van der Waals surface area contributed by atoms with Crippen LogP contribution in [0.5, 0.6) is 5.75 Å². The van der Waals surface area contributed by atoms with Gasteiger partial charge in [-0.1, -0.05) is 18.2 Å². The van der Waals surface area contributed by atoms with Crippen molar-refractivity contribution in [2.24, 2.45) is 0 Å². The largest absolute Gasteiger partial charge is 0.487 e. The Morgan fingerprint density at radius 2 is 1.90 bits per heavy atom. The van der Waals surface area contributed by atoms with Gasteiger partial charge < -0.3 is 4.74 Å². The van der Waals surface area contributed by atoms with Crippen LogP contribution in [-0.2, 0) is 23.2 Å². The van der Waals surface area contributed by atoms with Crippen molar-refractivity contribution in [3.63, 3.8) is 0 Å². The second-order valence-electron chi connectivity index (χ2n) is 4.48.